The Kier molecular flexibility index (Phi) is 7.94. The van der Waals surface area contributed by atoms with Crippen molar-refractivity contribution < 1.29 is 17.9 Å². The fraction of sp³-hybridized carbons (Fsp3) is 0.524. The molecule has 29 heavy (non-hydrogen) atoms. The molecule has 1 saturated heterocycles. The Labute approximate surface area is 177 Å². The molecule has 0 spiro atoms. The van der Waals surface area contributed by atoms with Crippen LogP contribution in [0.2, 0.25) is 0 Å². The molecule has 1 aliphatic rings. The first-order valence-electron chi connectivity index (χ1n) is 9.97. The van der Waals surface area contributed by atoms with Crippen molar-refractivity contribution in [1.29, 1.82) is 0 Å². The average molecular weight is 439 g/mol. The number of sulfonamides is 1. The van der Waals surface area contributed by atoms with E-state index in [4.69, 9.17) is 9.47 Å². The van der Waals surface area contributed by atoms with Gasteiger partial charge in [0, 0.05) is 12.6 Å². The second-order valence-electron chi connectivity index (χ2n) is 7.32. The van der Waals surface area contributed by atoms with Crippen LogP contribution in [-0.2, 0) is 15.8 Å². The zero-order valence-corrected chi connectivity index (χ0v) is 18.7. The monoisotopic (exact) mass is 438 g/mol. The Morgan fingerprint density at radius 2 is 1.79 bits per heavy atom. The zero-order valence-electron chi connectivity index (χ0n) is 17.1. The van der Waals surface area contributed by atoms with Crippen molar-refractivity contribution in [3.8, 4) is 11.5 Å². The van der Waals surface area contributed by atoms with Crippen LogP contribution in [0.3, 0.4) is 0 Å². The predicted molar refractivity (Wildman–Crippen MR) is 117 cm³/mol. The minimum atomic E-state index is -3.48. The highest BCUT2D eigenvalue weighted by molar-refractivity contribution is 7.88. The van der Waals surface area contributed by atoms with Gasteiger partial charge in [0.25, 0.3) is 0 Å². The lowest BCUT2D eigenvalue weighted by Gasteiger charge is -2.30. The van der Waals surface area contributed by atoms with Crippen molar-refractivity contribution in [1.82, 2.24) is 9.62 Å². The molecule has 1 aromatic carbocycles. The van der Waals surface area contributed by atoms with E-state index in [2.05, 4.69) is 26.4 Å². The SMILES string of the molecule is COc1ccc(CS(=O)(=O)NCC(c2ccsc2)N2CCCCCC2)cc1OC. The predicted octanol–water partition coefficient (Wildman–Crippen LogP) is 3.80. The van der Waals surface area contributed by atoms with E-state index >= 15 is 0 Å². The van der Waals surface area contributed by atoms with Gasteiger partial charge >= 0.3 is 0 Å². The zero-order chi connectivity index (χ0) is 20.7. The largest absolute Gasteiger partial charge is 0.493 e. The van der Waals surface area contributed by atoms with Gasteiger partial charge in [-0.15, -0.1) is 0 Å². The summed E-state index contributed by atoms with van der Waals surface area (Å²) in [6.45, 7) is 2.40. The van der Waals surface area contributed by atoms with Crippen LogP contribution in [0.15, 0.2) is 35.0 Å². The van der Waals surface area contributed by atoms with E-state index in [-0.39, 0.29) is 11.8 Å². The maximum atomic E-state index is 12.8. The van der Waals surface area contributed by atoms with Crippen LogP contribution in [0.5, 0.6) is 11.5 Å². The fourth-order valence-electron chi connectivity index (χ4n) is 3.78. The summed E-state index contributed by atoms with van der Waals surface area (Å²) < 4.78 is 38.9. The van der Waals surface area contributed by atoms with Gasteiger partial charge in [0.1, 0.15) is 0 Å². The third-order valence-electron chi connectivity index (χ3n) is 5.31. The molecule has 1 unspecified atom stereocenters. The Hall–Kier alpha value is -1.61. The molecular formula is C21H30N2O4S2. The van der Waals surface area contributed by atoms with Gasteiger partial charge in [0.15, 0.2) is 11.5 Å². The molecule has 1 fully saturated rings. The third-order valence-corrected chi connectivity index (χ3v) is 7.33. The molecule has 160 valence electrons. The summed E-state index contributed by atoms with van der Waals surface area (Å²) in [5.41, 5.74) is 1.85. The smallest absolute Gasteiger partial charge is 0.215 e. The molecule has 6 nitrogen and oxygen atoms in total. The maximum absolute atomic E-state index is 12.8. The summed E-state index contributed by atoms with van der Waals surface area (Å²) in [6.07, 6.45) is 4.83. The van der Waals surface area contributed by atoms with Gasteiger partial charge in [-0.2, -0.15) is 11.3 Å². The van der Waals surface area contributed by atoms with Crippen molar-refractivity contribution in [3.63, 3.8) is 0 Å². The van der Waals surface area contributed by atoms with Crippen LogP contribution in [0.1, 0.15) is 42.9 Å². The van der Waals surface area contributed by atoms with Gasteiger partial charge < -0.3 is 9.47 Å². The maximum Gasteiger partial charge on any atom is 0.215 e. The topological polar surface area (TPSA) is 67.9 Å². The first-order valence-corrected chi connectivity index (χ1v) is 12.6. The summed E-state index contributed by atoms with van der Waals surface area (Å²) in [4.78, 5) is 2.42. The number of benzene rings is 1. The summed E-state index contributed by atoms with van der Waals surface area (Å²) in [7, 11) is -0.381. The summed E-state index contributed by atoms with van der Waals surface area (Å²) in [5, 5.41) is 4.18. The van der Waals surface area contributed by atoms with E-state index in [0.717, 1.165) is 13.1 Å². The quantitative estimate of drug-likeness (QED) is 0.645. The number of thiophene rings is 1. The number of nitrogens with zero attached hydrogens (tertiary/aromatic N) is 1. The molecule has 0 bridgehead atoms. The highest BCUT2D eigenvalue weighted by Crippen LogP contribution is 2.29. The van der Waals surface area contributed by atoms with Crippen molar-refractivity contribution in [3.05, 3.63) is 46.2 Å². The second-order valence-corrected chi connectivity index (χ2v) is 9.91. The van der Waals surface area contributed by atoms with Gasteiger partial charge in [-0.25, -0.2) is 13.1 Å². The molecule has 1 aromatic heterocycles. The van der Waals surface area contributed by atoms with Crippen LogP contribution >= 0.6 is 11.3 Å². The van der Waals surface area contributed by atoms with Crippen molar-refractivity contribution in [2.24, 2.45) is 0 Å². The van der Waals surface area contributed by atoms with E-state index in [1.165, 1.54) is 31.2 Å². The normalized spacial score (nSPS) is 16.9. The molecule has 8 heteroatoms. The molecule has 1 N–H and O–H groups in total. The van der Waals surface area contributed by atoms with Gasteiger partial charge in [-0.3, -0.25) is 4.90 Å². The fourth-order valence-corrected chi connectivity index (χ4v) is 5.62. The van der Waals surface area contributed by atoms with E-state index in [0.29, 0.717) is 23.6 Å². The number of ether oxygens (including phenoxy) is 2. The number of likely N-dealkylation sites (tertiary alicyclic amines) is 1. The Bertz CT molecular complexity index is 861. The van der Waals surface area contributed by atoms with E-state index < -0.39 is 10.0 Å². The Balaban J connectivity index is 1.69. The molecule has 1 atom stereocenters. The highest BCUT2D eigenvalue weighted by atomic mass is 32.2. The van der Waals surface area contributed by atoms with E-state index in [9.17, 15) is 8.42 Å². The number of hydrogen-bond donors (Lipinski definition) is 1. The molecule has 0 radical (unpaired) electrons. The standard InChI is InChI=1S/C21H30N2O4S2/c1-26-20-8-7-17(13-21(20)27-2)16-29(24,25)22-14-19(18-9-12-28-15-18)23-10-5-3-4-6-11-23/h7-9,12-13,15,19,22H,3-6,10-11,14,16H2,1-2H3. The molecule has 0 aliphatic carbocycles. The van der Waals surface area contributed by atoms with Crippen LogP contribution in [0, 0.1) is 0 Å². The number of nitrogens with one attached hydrogen (secondary N) is 1. The van der Waals surface area contributed by atoms with Gasteiger partial charge in [-0.1, -0.05) is 18.9 Å². The Morgan fingerprint density at radius 3 is 2.41 bits per heavy atom. The first kappa shape index (κ1) is 22.1. The summed E-state index contributed by atoms with van der Waals surface area (Å²) >= 11 is 1.65. The third kappa shape index (κ3) is 6.18. The number of methoxy groups -OCH3 is 2. The molecule has 2 heterocycles. The molecule has 3 rings (SSSR count). The van der Waals surface area contributed by atoms with Crippen molar-refractivity contribution >= 4 is 21.4 Å². The second kappa shape index (κ2) is 10.4. The number of rotatable bonds is 9. The van der Waals surface area contributed by atoms with Gasteiger partial charge in [-0.05, 0) is 66.0 Å². The summed E-state index contributed by atoms with van der Waals surface area (Å²) in [6, 6.07) is 7.37. The number of hydrogen-bond acceptors (Lipinski definition) is 6. The van der Waals surface area contributed by atoms with Crippen molar-refractivity contribution in [2.75, 3.05) is 33.9 Å². The van der Waals surface area contributed by atoms with Crippen LogP contribution in [-0.4, -0.2) is 47.2 Å². The molecular weight excluding hydrogens is 408 g/mol. The molecule has 0 amide bonds. The van der Waals surface area contributed by atoms with Crippen LogP contribution < -0.4 is 14.2 Å². The minimum absolute atomic E-state index is 0.0690. The molecule has 0 saturated carbocycles. The van der Waals surface area contributed by atoms with E-state index in [1.807, 2.05) is 0 Å². The molecule has 1 aliphatic heterocycles. The lowest BCUT2D eigenvalue weighted by Crippen LogP contribution is -2.38. The van der Waals surface area contributed by atoms with Gasteiger partial charge in [0.2, 0.25) is 10.0 Å². The molecule has 2 aromatic rings. The van der Waals surface area contributed by atoms with E-state index in [1.54, 1.807) is 43.8 Å². The average Bonchev–Trinajstić information content (AvgIpc) is 3.10. The van der Waals surface area contributed by atoms with Crippen molar-refractivity contribution in [2.45, 2.75) is 37.5 Å². The Morgan fingerprint density at radius 1 is 1.07 bits per heavy atom. The van der Waals surface area contributed by atoms with Crippen LogP contribution in [0.4, 0.5) is 0 Å². The van der Waals surface area contributed by atoms with Gasteiger partial charge in [0.05, 0.1) is 20.0 Å². The lowest BCUT2D eigenvalue weighted by atomic mass is 10.1. The summed E-state index contributed by atoms with van der Waals surface area (Å²) in [5.74, 6) is 1.02. The van der Waals surface area contributed by atoms with Crippen LogP contribution in [0.25, 0.3) is 0 Å². The minimum Gasteiger partial charge on any atom is -0.493 e. The lowest BCUT2D eigenvalue weighted by molar-refractivity contribution is 0.206. The highest BCUT2D eigenvalue weighted by Gasteiger charge is 2.24. The first-order chi connectivity index (χ1) is 14.0.